The molecule has 108 valence electrons. The van der Waals surface area contributed by atoms with E-state index in [1.54, 1.807) is 6.08 Å². The minimum atomic E-state index is -0.917. The van der Waals surface area contributed by atoms with E-state index in [1.165, 1.54) is 31.8 Å². The number of benzene rings is 1. The number of aliphatic carboxylic acids is 1. The molecule has 1 aliphatic rings. The third kappa shape index (κ3) is 4.72. The molecule has 1 saturated carbocycles. The average Bonchev–Trinajstić information content (AvgIpc) is 3.20. The third-order valence-corrected chi connectivity index (χ3v) is 3.87. The minimum Gasteiger partial charge on any atom is -0.478 e. The fourth-order valence-electron chi connectivity index (χ4n) is 2.55. The van der Waals surface area contributed by atoms with E-state index in [2.05, 4.69) is 12.2 Å². The number of rotatable bonds is 8. The van der Waals surface area contributed by atoms with Gasteiger partial charge in [-0.3, -0.25) is 0 Å². The van der Waals surface area contributed by atoms with Crippen LogP contribution >= 0.6 is 0 Å². The Labute approximate surface area is 120 Å². The summed E-state index contributed by atoms with van der Waals surface area (Å²) in [6, 6.07) is 7.88. The first-order valence-electron chi connectivity index (χ1n) is 7.44. The number of hydrogen-bond donors (Lipinski definition) is 2. The Morgan fingerprint density at radius 1 is 1.45 bits per heavy atom. The predicted octanol–water partition coefficient (Wildman–Crippen LogP) is 4.02. The van der Waals surface area contributed by atoms with Crippen LogP contribution in [0.3, 0.4) is 0 Å². The van der Waals surface area contributed by atoms with E-state index in [9.17, 15) is 4.79 Å². The number of carbonyl (C=O) groups is 1. The normalized spacial score (nSPS) is 21.1. The molecule has 1 aromatic rings. The first kappa shape index (κ1) is 14.6. The molecule has 0 spiro atoms. The lowest BCUT2D eigenvalue weighted by molar-refractivity contribution is -0.131. The van der Waals surface area contributed by atoms with E-state index < -0.39 is 5.97 Å². The van der Waals surface area contributed by atoms with Crippen molar-refractivity contribution in [3.8, 4) is 0 Å². The van der Waals surface area contributed by atoms with Crippen LogP contribution in [0.1, 0.15) is 38.2 Å². The lowest BCUT2D eigenvalue weighted by Gasteiger charge is -2.07. The Kier molecular flexibility index (Phi) is 5.22. The van der Waals surface area contributed by atoms with E-state index >= 15 is 0 Å². The molecule has 0 heterocycles. The van der Waals surface area contributed by atoms with Gasteiger partial charge in [0.25, 0.3) is 0 Å². The molecule has 2 N–H and O–H groups in total. The van der Waals surface area contributed by atoms with Gasteiger partial charge in [-0.05, 0) is 42.0 Å². The summed E-state index contributed by atoms with van der Waals surface area (Å²) < 4.78 is 0. The van der Waals surface area contributed by atoms with Crippen molar-refractivity contribution in [2.45, 2.75) is 32.6 Å². The van der Waals surface area contributed by atoms with Crippen molar-refractivity contribution >= 4 is 17.7 Å². The molecule has 0 radical (unpaired) electrons. The van der Waals surface area contributed by atoms with Gasteiger partial charge in [-0.1, -0.05) is 38.3 Å². The van der Waals surface area contributed by atoms with Gasteiger partial charge in [-0.15, -0.1) is 0 Å². The number of hydrogen-bond acceptors (Lipinski definition) is 2. The van der Waals surface area contributed by atoms with E-state index in [-0.39, 0.29) is 0 Å². The largest absolute Gasteiger partial charge is 0.478 e. The molecule has 3 nitrogen and oxygen atoms in total. The van der Waals surface area contributed by atoms with Gasteiger partial charge < -0.3 is 10.4 Å². The molecule has 0 amide bonds. The molecule has 1 aliphatic carbocycles. The zero-order valence-electron chi connectivity index (χ0n) is 12.0. The molecule has 20 heavy (non-hydrogen) atoms. The highest BCUT2D eigenvalue weighted by molar-refractivity contribution is 5.85. The Bertz CT molecular complexity index is 482. The van der Waals surface area contributed by atoms with E-state index in [0.717, 1.165) is 29.6 Å². The molecule has 0 aromatic heterocycles. The second-order valence-electron chi connectivity index (χ2n) is 5.58. The van der Waals surface area contributed by atoms with Crippen LogP contribution in [0.25, 0.3) is 6.08 Å². The molecule has 3 heteroatoms. The second-order valence-corrected chi connectivity index (χ2v) is 5.58. The first-order valence-corrected chi connectivity index (χ1v) is 7.44. The van der Waals surface area contributed by atoms with Crippen molar-refractivity contribution in [1.29, 1.82) is 0 Å². The molecule has 2 atom stereocenters. The van der Waals surface area contributed by atoms with Gasteiger partial charge in [0.2, 0.25) is 0 Å². The summed E-state index contributed by atoms with van der Waals surface area (Å²) in [6.45, 7) is 3.27. The smallest absolute Gasteiger partial charge is 0.328 e. The van der Waals surface area contributed by atoms with Crippen LogP contribution in [0.15, 0.2) is 30.3 Å². The van der Waals surface area contributed by atoms with Crippen molar-refractivity contribution in [3.05, 3.63) is 35.9 Å². The summed E-state index contributed by atoms with van der Waals surface area (Å²) in [5.74, 6) is 0.817. The summed E-state index contributed by atoms with van der Waals surface area (Å²) in [5, 5.41) is 12.1. The van der Waals surface area contributed by atoms with Gasteiger partial charge in [-0.25, -0.2) is 4.79 Å². The highest BCUT2D eigenvalue weighted by Gasteiger charge is 2.35. The Morgan fingerprint density at radius 2 is 2.30 bits per heavy atom. The fourth-order valence-corrected chi connectivity index (χ4v) is 2.55. The summed E-state index contributed by atoms with van der Waals surface area (Å²) >= 11 is 0. The average molecular weight is 273 g/mol. The van der Waals surface area contributed by atoms with Crippen LogP contribution in [0.5, 0.6) is 0 Å². The maximum absolute atomic E-state index is 10.5. The topological polar surface area (TPSA) is 49.3 Å². The summed E-state index contributed by atoms with van der Waals surface area (Å²) in [5.41, 5.74) is 1.98. The van der Waals surface area contributed by atoms with E-state index in [4.69, 9.17) is 5.11 Å². The molecule has 2 rings (SSSR count). The minimum absolute atomic E-state index is 0.819. The van der Waals surface area contributed by atoms with Crippen molar-refractivity contribution in [3.63, 3.8) is 0 Å². The van der Waals surface area contributed by atoms with Gasteiger partial charge in [0.15, 0.2) is 0 Å². The Balaban J connectivity index is 1.79. The second kappa shape index (κ2) is 7.13. The van der Waals surface area contributed by atoms with Crippen molar-refractivity contribution in [1.82, 2.24) is 0 Å². The zero-order valence-corrected chi connectivity index (χ0v) is 12.0. The third-order valence-electron chi connectivity index (χ3n) is 3.87. The van der Waals surface area contributed by atoms with Crippen molar-refractivity contribution in [2.75, 3.05) is 11.9 Å². The molecule has 0 bridgehead atoms. The standard InChI is InChI=1S/C17H23NO2/c1-2-3-6-14-11-15(14)12-18-16-7-4-5-13(10-16)8-9-17(19)20/h4-5,7-10,14-15,18H,2-3,6,11-12H2,1H3,(H,19,20)/b9-8+. The number of anilines is 1. The van der Waals surface area contributed by atoms with Crippen LogP contribution in [0, 0.1) is 11.8 Å². The Hall–Kier alpha value is -1.77. The van der Waals surface area contributed by atoms with Gasteiger partial charge >= 0.3 is 5.97 Å². The Morgan fingerprint density at radius 3 is 3.05 bits per heavy atom. The highest BCUT2D eigenvalue weighted by Crippen LogP contribution is 2.42. The molecule has 0 aliphatic heterocycles. The van der Waals surface area contributed by atoms with E-state index in [0.29, 0.717) is 0 Å². The van der Waals surface area contributed by atoms with Gasteiger partial charge in [0.1, 0.15) is 0 Å². The first-order chi connectivity index (χ1) is 9.69. The molecular weight excluding hydrogens is 250 g/mol. The molecule has 1 aromatic carbocycles. The number of carboxylic acids is 1. The number of unbranched alkanes of at least 4 members (excludes halogenated alkanes) is 1. The van der Waals surface area contributed by atoms with Gasteiger partial charge in [0, 0.05) is 18.3 Å². The van der Waals surface area contributed by atoms with E-state index in [1.807, 2.05) is 24.3 Å². The number of carboxylic acid groups (broad SMARTS) is 1. The SMILES string of the molecule is CCCCC1CC1CNc1cccc(/C=C/C(=O)O)c1. The fraction of sp³-hybridized carbons (Fsp3) is 0.471. The van der Waals surface area contributed by atoms with Crippen molar-refractivity contribution < 1.29 is 9.90 Å². The number of nitrogens with one attached hydrogen (secondary N) is 1. The molecular formula is C17H23NO2. The van der Waals surface area contributed by atoms with Gasteiger partial charge in [0.05, 0.1) is 0 Å². The molecule has 2 unspecified atom stereocenters. The van der Waals surface area contributed by atoms with Crippen LogP contribution in [-0.2, 0) is 4.79 Å². The van der Waals surface area contributed by atoms with Crippen LogP contribution in [-0.4, -0.2) is 17.6 Å². The van der Waals surface area contributed by atoms with Crippen LogP contribution in [0.4, 0.5) is 5.69 Å². The maximum atomic E-state index is 10.5. The van der Waals surface area contributed by atoms with Crippen LogP contribution in [0.2, 0.25) is 0 Å². The monoisotopic (exact) mass is 273 g/mol. The molecule has 1 fully saturated rings. The predicted molar refractivity (Wildman–Crippen MR) is 82.7 cm³/mol. The van der Waals surface area contributed by atoms with Crippen molar-refractivity contribution in [2.24, 2.45) is 11.8 Å². The summed E-state index contributed by atoms with van der Waals surface area (Å²) in [7, 11) is 0. The molecule has 0 saturated heterocycles. The maximum Gasteiger partial charge on any atom is 0.328 e. The quantitative estimate of drug-likeness (QED) is 0.703. The lowest BCUT2D eigenvalue weighted by atomic mass is 10.1. The lowest BCUT2D eigenvalue weighted by Crippen LogP contribution is -2.04. The highest BCUT2D eigenvalue weighted by atomic mass is 16.4. The summed E-state index contributed by atoms with van der Waals surface area (Å²) in [4.78, 5) is 10.5. The van der Waals surface area contributed by atoms with Gasteiger partial charge in [-0.2, -0.15) is 0 Å². The zero-order chi connectivity index (χ0) is 14.4. The van der Waals surface area contributed by atoms with Crippen LogP contribution < -0.4 is 5.32 Å². The summed E-state index contributed by atoms with van der Waals surface area (Å²) in [6.07, 6.45) is 8.14.